The summed E-state index contributed by atoms with van der Waals surface area (Å²) in [6, 6.07) is 11.9. The average molecular weight is 327 g/mol. The summed E-state index contributed by atoms with van der Waals surface area (Å²) in [4.78, 5) is 22.5. The number of phenols is 1. The van der Waals surface area contributed by atoms with Gasteiger partial charge in [0.25, 0.3) is 0 Å². The van der Waals surface area contributed by atoms with Crippen LogP contribution in [0.4, 0.5) is 0 Å². The third-order valence-corrected chi connectivity index (χ3v) is 3.22. The molecule has 0 aliphatic heterocycles. The van der Waals surface area contributed by atoms with E-state index in [0.29, 0.717) is 5.75 Å². The fourth-order valence-electron chi connectivity index (χ4n) is 1.93. The molecule has 24 heavy (non-hydrogen) atoms. The van der Waals surface area contributed by atoms with Crippen molar-refractivity contribution in [3.63, 3.8) is 0 Å². The largest absolute Gasteiger partial charge is 0.508 e. The Morgan fingerprint density at radius 3 is 2.29 bits per heavy atom. The van der Waals surface area contributed by atoms with E-state index in [9.17, 15) is 14.7 Å². The maximum atomic E-state index is 11.7. The molecule has 0 fully saturated rings. The third kappa shape index (κ3) is 5.26. The van der Waals surface area contributed by atoms with E-state index in [2.05, 4.69) is 0 Å². The van der Waals surface area contributed by atoms with Crippen molar-refractivity contribution in [3.8, 4) is 11.5 Å². The van der Waals surface area contributed by atoms with Crippen LogP contribution >= 0.6 is 0 Å². The molecule has 2 rings (SSSR count). The number of aliphatic carboxylic acids is 1. The monoisotopic (exact) mass is 327 g/mol. The van der Waals surface area contributed by atoms with Crippen molar-refractivity contribution >= 4 is 18.0 Å². The minimum absolute atomic E-state index is 0.150. The number of esters is 1. The molecule has 0 aromatic heterocycles. The second-order valence-electron chi connectivity index (χ2n) is 5.14. The van der Waals surface area contributed by atoms with Crippen LogP contribution in [0.1, 0.15) is 11.1 Å². The number of phenolic OH excluding ortho intramolecular Hbond substituents is 1. The minimum Gasteiger partial charge on any atom is -0.508 e. The highest BCUT2D eigenvalue weighted by Crippen LogP contribution is 2.14. The number of aromatic hydroxyl groups is 1. The van der Waals surface area contributed by atoms with Crippen LogP contribution in [0.15, 0.2) is 54.6 Å². The summed E-state index contributed by atoms with van der Waals surface area (Å²) < 4.78 is 5.14. The molecule has 0 saturated carbocycles. The van der Waals surface area contributed by atoms with E-state index in [1.165, 1.54) is 18.2 Å². The van der Waals surface area contributed by atoms with Crippen LogP contribution in [0.25, 0.3) is 6.08 Å². The molecule has 0 aliphatic rings. The van der Waals surface area contributed by atoms with Crippen molar-refractivity contribution in [1.29, 1.82) is 0 Å². The lowest BCUT2D eigenvalue weighted by Gasteiger charge is -2.07. The van der Waals surface area contributed by atoms with Gasteiger partial charge in [-0.25, -0.2) is 4.79 Å². The molecule has 0 heterocycles. The van der Waals surface area contributed by atoms with Crippen molar-refractivity contribution < 1.29 is 24.5 Å². The molecular weight excluding hydrogens is 310 g/mol. The molecule has 0 aliphatic carbocycles. The highest BCUT2D eigenvalue weighted by Gasteiger charge is 2.12. The number of carbonyl (C=O) groups excluding carboxylic acids is 1. The summed E-state index contributed by atoms with van der Waals surface area (Å²) in [5.41, 5.74) is 6.95. The minimum atomic E-state index is -1.06. The summed E-state index contributed by atoms with van der Waals surface area (Å²) in [5.74, 6) is -1.11. The zero-order valence-corrected chi connectivity index (χ0v) is 12.8. The first-order valence-corrected chi connectivity index (χ1v) is 7.20. The standard InChI is InChI=1S/C18H17NO5/c19-16(18(22)23)11-13-3-8-15(9-4-13)24-17(21)10-5-12-1-6-14(20)7-2-12/h1-10,16,20H,11,19H2,(H,22,23)/b10-5+/t16-/m0/s1. The number of carboxylic acid groups (broad SMARTS) is 1. The lowest BCUT2D eigenvalue weighted by molar-refractivity contribution is -0.138. The molecule has 0 saturated heterocycles. The maximum Gasteiger partial charge on any atom is 0.336 e. The molecule has 0 bridgehead atoms. The first-order chi connectivity index (χ1) is 11.4. The summed E-state index contributed by atoms with van der Waals surface area (Å²) in [7, 11) is 0. The van der Waals surface area contributed by atoms with Crippen LogP contribution in [-0.2, 0) is 16.0 Å². The molecule has 6 heteroatoms. The second-order valence-corrected chi connectivity index (χ2v) is 5.14. The van der Waals surface area contributed by atoms with E-state index in [-0.39, 0.29) is 12.2 Å². The normalized spacial score (nSPS) is 12.0. The molecule has 124 valence electrons. The summed E-state index contributed by atoms with van der Waals surface area (Å²) in [5, 5.41) is 17.9. The van der Waals surface area contributed by atoms with E-state index in [1.54, 1.807) is 42.5 Å². The molecule has 0 radical (unpaired) electrons. The van der Waals surface area contributed by atoms with Gasteiger partial charge < -0.3 is 20.7 Å². The fraction of sp³-hybridized carbons (Fsp3) is 0.111. The number of rotatable bonds is 6. The number of benzene rings is 2. The summed E-state index contributed by atoms with van der Waals surface area (Å²) in [6.07, 6.45) is 3.05. The second kappa shape index (κ2) is 7.94. The number of hydrogen-bond donors (Lipinski definition) is 3. The van der Waals surface area contributed by atoms with E-state index < -0.39 is 18.0 Å². The number of carboxylic acids is 1. The lowest BCUT2D eigenvalue weighted by atomic mass is 10.1. The first-order valence-electron chi connectivity index (χ1n) is 7.20. The Kier molecular flexibility index (Phi) is 5.70. The highest BCUT2D eigenvalue weighted by atomic mass is 16.5. The molecular formula is C18H17NO5. The topological polar surface area (TPSA) is 110 Å². The summed E-state index contributed by atoms with van der Waals surface area (Å²) in [6.45, 7) is 0. The van der Waals surface area contributed by atoms with E-state index >= 15 is 0 Å². The highest BCUT2D eigenvalue weighted by molar-refractivity contribution is 5.88. The Balaban J connectivity index is 1.92. The summed E-state index contributed by atoms with van der Waals surface area (Å²) >= 11 is 0. The molecule has 6 nitrogen and oxygen atoms in total. The third-order valence-electron chi connectivity index (χ3n) is 3.22. The number of ether oxygens (including phenoxy) is 1. The first kappa shape index (κ1) is 17.2. The van der Waals surface area contributed by atoms with Crippen LogP contribution in [-0.4, -0.2) is 28.2 Å². The van der Waals surface area contributed by atoms with Gasteiger partial charge in [-0.15, -0.1) is 0 Å². The van der Waals surface area contributed by atoms with Crippen LogP contribution < -0.4 is 10.5 Å². The van der Waals surface area contributed by atoms with Crippen molar-refractivity contribution in [2.24, 2.45) is 5.73 Å². The zero-order chi connectivity index (χ0) is 17.5. The Hall–Kier alpha value is -3.12. The molecule has 0 unspecified atom stereocenters. The Labute approximate surface area is 138 Å². The molecule has 4 N–H and O–H groups in total. The van der Waals surface area contributed by atoms with Crippen LogP contribution in [0.5, 0.6) is 11.5 Å². The van der Waals surface area contributed by atoms with Gasteiger partial charge in [-0.2, -0.15) is 0 Å². The number of hydrogen-bond acceptors (Lipinski definition) is 5. The van der Waals surface area contributed by atoms with Crippen LogP contribution in [0.2, 0.25) is 0 Å². The van der Waals surface area contributed by atoms with Gasteiger partial charge in [-0.05, 0) is 47.9 Å². The quantitative estimate of drug-likeness (QED) is 0.425. The van der Waals surface area contributed by atoms with Gasteiger partial charge in [-0.1, -0.05) is 24.3 Å². The average Bonchev–Trinajstić information content (AvgIpc) is 2.56. The molecule has 0 amide bonds. The van der Waals surface area contributed by atoms with Crippen LogP contribution in [0, 0.1) is 0 Å². The Morgan fingerprint density at radius 2 is 1.71 bits per heavy atom. The number of nitrogens with two attached hydrogens (primary N) is 1. The van der Waals surface area contributed by atoms with Gasteiger partial charge in [0.15, 0.2) is 0 Å². The molecule has 2 aromatic carbocycles. The zero-order valence-electron chi connectivity index (χ0n) is 12.8. The van der Waals surface area contributed by atoms with Gasteiger partial charge in [-0.3, -0.25) is 4.79 Å². The molecule has 1 atom stereocenters. The predicted molar refractivity (Wildman–Crippen MR) is 88.5 cm³/mol. The van der Waals surface area contributed by atoms with E-state index in [0.717, 1.165) is 11.1 Å². The molecule has 2 aromatic rings. The van der Waals surface area contributed by atoms with Gasteiger partial charge in [0.05, 0.1) is 0 Å². The van der Waals surface area contributed by atoms with E-state index in [1.807, 2.05) is 0 Å². The van der Waals surface area contributed by atoms with Gasteiger partial charge >= 0.3 is 11.9 Å². The van der Waals surface area contributed by atoms with Gasteiger partial charge in [0, 0.05) is 6.08 Å². The van der Waals surface area contributed by atoms with Crippen molar-refractivity contribution in [1.82, 2.24) is 0 Å². The Bertz CT molecular complexity index is 735. The van der Waals surface area contributed by atoms with E-state index in [4.69, 9.17) is 15.6 Å². The lowest BCUT2D eigenvalue weighted by Crippen LogP contribution is -2.32. The van der Waals surface area contributed by atoms with Gasteiger partial charge in [0.2, 0.25) is 0 Å². The smallest absolute Gasteiger partial charge is 0.336 e. The predicted octanol–water partition coefficient (Wildman–Crippen LogP) is 1.97. The Morgan fingerprint density at radius 1 is 1.08 bits per heavy atom. The molecule has 0 spiro atoms. The SMILES string of the molecule is N[C@@H](Cc1ccc(OC(=O)/C=C/c2ccc(O)cc2)cc1)C(=O)O. The van der Waals surface area contributed by atoms with Gasteiger partial charge in [0.1, 0.15) is 17.5 Å². The van der Waals surface area contributed by atoms with Crippen molar-refractivity contribution in [2.45, 2.75) is 12.5 Å². The van der Waals surface area contributed by atoms with Crippen molar-refractivity contribution in [2.75, 3.05) is 0 Å². The van der Waals surface area contributed by atoms with Crippen LogP contribution in [0.3, 0.4) is 0 Å². The fourth-order valence-corrected chi connectivity index (χ4v) is 1.93. The van der Waals surface area contributed by atoms with Crippen molar-refractivity contribution in [3.05, 3.63) is 65.7 Å². The number of carbonyl (C=O) groups is 2. The maximum absolute atomic E-state index is 11.7.